The van der Waals surface area contributed by atoms with Gasteiger partial charge in [0.05, 0.1) is 6.61 Å². The Hall–Kier alpha value is -1.39. The van der Waals surface area contributed by atoms with Gasteiger partial charge in [0, 0.05) is 0 Å². The topological polar surface area (TPSA) is 130 Å². The van der Waals surface area contributed by atoms with Gasteiger partial charge >= 0.3 is 0 Å². The van der Waals surface area contributed by atoms with Gasteiger partial charge in [-0.1, -0.05) is 0 Å². The van der Waals surface area contributed by atoms with Gasteiger partial charge in [-0.25, -0.2) is 9.98 Å². The van der Waals surface area contributed by atoms with Crippen molar-refractivity contribution in [2.24, 2.45) is 15.0 Å². The average molecular weight is 270 g/mol. The van der Waals surface area contributed by atoms with Crippen LogP contribution in [0.1, 0.15) is 0 Å². The number of ether oxygens (including phenoxy) is 1. The number of aliphatic hydroxyl groups is 4. The summed E-state index contributed by atoms with van der Waals surface area (Å²) in [7, 11) is 0. The number of hydrogen-bond donors (Lipinski definition) is 4. The summed E-state index contributed by atoms with van der Waals surface area (Å²) in [5.74, 6) is 0.359. The molecule has 1 fully saturated rings. The van der Waals surface area contributed by atoms with Crippen molar-refractivity contribution in [1.82, 2.24) is 4.90 Å². The molecule has 0 bridgehead atoms. The molecule has 1 unspecified atom stereocenters. The molecule has 9 nitrogen and oxygen atoms in total. The highest BCUT2D eigenvalue weighted by molar-refractivity contribution is 6.45. The Kier molecular flexibility index (Phi) is 3.07. The summed E-state index contributed by atoms with van der Waals surface area (Å²) >= 11 is 0. The minimum Gasteiger partial charge on any atom is -0.394 e. The lowest BCUT2D eigenvalue weighted by atomic mass is 10.1. The van der Waals surface area contributed by atoms with Gasteiger partial charge in [0.1, 0.15) is 37.0 Å². The van der Waals surface area contributed by atoms with Crippen LogP contribution < -0.4 is 0 Å². The first-order chi connectivity index (χ1) is 9.13. The van der Waals surface area contributed by atoms with Gasteiger partial charge < -0.3 is 30.1 Å². The highest BCUT2D eigenvalue weighted by Crippen LogP contribution is 2.27. The number of hydrogen-bond acceptors (Lipinski definition) is 9. The SMILES string of the molecule is OC[C@H]1O[C@@H](N2CN=C3C2=NC=NC3O)[C@H](O)[C@@H]1O. The summed E-state index contributed by atoms with van der Waals surface area (Å²) in [6, 6.07) is 0. The molecule has 1 saturated heterocycles. The summed E-state index contributed by atoms with van der Waals surface area (Å²) < 4.78 is 5.40. The molecule has 19 heavy (non-hydrogen) atoms. The Morgan fingerprint density at radius 2 is 2.11 bits per heavy atom. The molecule has 0 amide bonds. The van der Waals surface area contributed by atoms with Crippen LogP contribution in [-0.2, 0) is 4.74 Å². The Morgan fingerprint density at radius 1 is 1.32 bits per heavy atom. The quantitative estimate of drug-likeness (QED) is 0.420. The highest BCUT2D eigenvalue weighted by atomic mass is 16.6. The Balaban J connectivity index is 1.82. The number of rotatable bonds is 2. The molecule has 0 saturated carbocycles. The third-order valence-corrected chi connectivity index (χ3v) is 3.35. The van der Waals surface area contributed by atoms with Gasteiger partial charge in [0.2, 0.25) is 0 Å². The van der Waals surface area contributed by atoms with E-state index >= 15 is 0 Å². The first kappa shape index (κ1) is 12.6. The predicted octanol–water partition coefficient (Wildman–Crippen LogP) is -3.10. The molecule has 9 heteroatoms. The fourth-order valence-corrected chi connectivity index (χ4v) is 2.33. The van der Waals surface area contributed by atoms with Crippen molar-refractivity contribution in [3.05, 3.63) is 0 Å². The number of amidine groups is 1. The number of aliphatic hydroxyl groups excluding tert-OH is 4. The molecular weight excluding hydrogens is 256 g/mol. The normalized spacial score (nSPS) is 41.3. The molecule has 104 valence electrons. The third kappa shape index (κ3) is 1.86. The maximum absolute atomic E-state index is 9.95. The van der Waals surface area contributed by atoms with E-state index in [9.17, 15) is 15.3 Å². The molecule has 3 heterocycles. The van der Waals surface area contributed by atoms with Crippen LogP contribution in [0, 0.1) is 0 Å². The van der Waals surface area contributed by atoms with Gasteiger partial charge in [-0.15, -0.1) is 0 Å². The monoisotopic (exact) mass is 270 g/mol. The van der Waals surface area contributed by atoms with Crippen molar-refractivity contribution in [3.63, 3.8) is 0 Å². The van der Waals surface area contributed by atoms with Crippen LogP contribution in [0.25, 0.3) is 0 Å². The van der Waals surface area contributed by atoms with Crippen LogP contribution in [0.2, 0.25) is 0 Å². The third-order valence-electron chi connectivity index (χ3n) is 3.35. The van der Waals surface area contributed by atoms with Crippen LogP contribution in [0.15, 0.2) is 15.0 Å². The highest BCUT2D eigenvalue weighted by Gasteiger charge is 2.48. The standard InChI is InChI=1S/C10H14N4O5/c15-1-4-6(16)7(17)10(19-4)14-3-13-5-8(14)11-2-12-9(5)18/h2,4,6-7,9-10,15-18H,1,3H2/t4-,6-,7-,9?,10-/m1/s1. The van der Waals surface area contributed by atoms with E-state index in [-0.39, 0.29) is 6.67 Å². The molecule has 3 aliphatic heterocycles. The van der Waals surface area contributed by atoms with Crippen LogP contribution in [-0.4, -0.2) is 87.3 Å². The van der Waals surface area contributed by atoms with E-state index < -0.39 is 37.4 Å². The van der Waals surface area contributed by atoms with E-state index in [2.05, 4.69) is 15.0 Å². The molecule has 3 rings (SSSR count). The summed E-state index contributed by atoms with van der Waals surface area (Å²) in [5, 5.41) is 38.3. The fourth-order valence-electron chi connectivity index (χ4n) is 2.33. The minimum atomic E-state index is -1.19. The smallest absolute Gasteiger partial charge is 0.193 e. The van der Waals surface area contributed by atoms with Crippen molar-refractivity contribution in [2.45, 2.75) is 30.8 Å². The molecule has 3 aliphatic rings. The Bertz CT molecular complexity index is 465. The minimum absolute atomic E-state index is 0.140. The first-order valence-electron chi connectivity index (χ1n) is 5.85. The van der Waals surface area contributed by atoms with E-state index in [1.165, 1.54) is 11.2 Å². The van der Waals surface area contributed by atoms with Gasteiger partial charge in [-0.2, -0.15) is 0 Å². The van der Waals surface area contributed by atoms with Gasteiger partial charge in [0.15, 0.2) is 18.3 Å². The van der Waals surface area contributed by atoms with Crippen LogP contribution >= 0.6 is 0 Å². The lowest BCUT2D eigenvalue weighted by Gasteiger charge is -2.28. The zero-order chi connectivity index (χ0) is 13.6. The maximum Gasteiger partial charge on any atom is 0.193 e. The van der Waals surface area contributed by atoms with Crippen molar-refractivity contribution >= 4 is 17.9 Å². The zero-order valence-corrected chi connectivity index (χ0v) is 9.86. The summed E-state index contributed by atoms with van der Waals surface area (Å²) in [5.41, 5.74) is 0.306. The van der Waals surface area contributed by atoms with E-state index in [0.29, 0.717) is 11.5 Å². The summed E-state index contributed by atoms with van der Waals surface area (Å²) in [6.07, 6.45) is -3.96. The molecule has 0 aromatic rings. The molecule has 0 spiro atoms. The number of aliphatic imine (C=N–C) groups is 3. The molecule has 0 radical (unpaired) electrons. The van der Waals surface area contributed by atoms with E-state index in [1.54, 1.807) is 0 Å². The zero-order valence-electron chi connectivity index (χ0n) is 9.86. The fraction of sp³-hybridized carbons (Fsp3) is 0.700. The second kappa shape index (κ2) is 4.62. The van der Waals surface area contributed by atoms with Crippen LogP contribution in [0.3, 0.4) is 0 Å². The molecule has 0 aromatic heterocycles. The van der Waals surface area contributed by atoms with Crippen molar-refractivity contribution in [1.29, 1.82) is 0 Å². The predicted molar refractivity (Wildman–Crippen MR) is 63.8 cm³/mol. The lowest BCUT2D eigenvalue weighted by molar-refractivity contribution is -0.0688. The molecular formula is C10H14N4O5. The first-order valence-corrected chi connectivity index (χ1v) is 5.85. The van der Waals surface area contributed by atoms with E-state index in [4.69, 9.17) is 9.84 Å². The van der Waals surface area contributed by atoms with Crippen molar-refractivity contribution in [2.75, 3.05) is 13.3 Å². The van der Waals surface area contributed by atoms with Crippen LogP contribution in [0.4, 0.5) is 0 Å². The summed E-state index contributed by atoms with van der Waals surface area (Å²) in [4.78, 5) is 13.3. The van der Waals surface area contributed by atoms with E-state index in [1.807, 2.05) is 0 Å². The molecule has 4 N–H and O–H groups in total. The van der Waals surface area contributed by atoms with Crippen molar-refractivity contribution in [3.8, 4) is 0 Å². The average Bonchev–Trinajstić information content (AvgIpc) is 2.94. The largest absolute Gasteiger partial charge is 0.394 e. The molecule has 0 aliphatic carbocycles. The van der Waals surface area contributed by atoms with Crippen LogP contribution in [0.5, 0.6) is 0 Å². The molecule has 5 atom stereocenters. The van der Waals surface area contributed by atoms with Gasteiger partial charge in [-0.3, -0.25) is 4.99 Å². The Morgan fingerprint density at radius 3 is 2.79 bits per heavy atom. The lowest BCUT2D eigenvalue weighted by Crippen LogP contribution is -2.48. The summed E-state index contributed by atoms with van der Waals surface area (Å²) in [6.45, 7) is -0.256. The molecule has 0 aromatic carbocycles. The number of fused-ring (bicyclic) bond motifs is 1. The Labute approximate surface area is 108 Å². The number of nitrogens with zero attached hydrogens (tertiary/aromatic N) is 4. The van der Waals surface area contributed by atoms with Crippen molar-refractivity contribution < 1.29 is 25.2 Å². The van der Waals surface area contributed by atoms with E-state index in [0.717, 1.165) is 0 Å². The van der Waals surface area contributed by atoms with Gasteiger partial charge in [-0.05, 0) is 0 Å². The second-order valence-corrected chi connectivity index (χ2v) is 4.47. The second-order valence-electron chi connectivity index (χ2n) is 4.47. The maximum atomic E-state index is 9.95. The van der Waals surface area contributed by atoms with Gasteiger partial charge in [0.25, 0.3) is 0 Å².